The lowest BCUT2D eigenvalue weighted by molar-refractivity contribution is -0.145. The van der Waals surface area contributed by atoms with E-state index in [2.05, 4.69) is 41.1 Å². The zero-order valence-electron chi connectivity index (χ0n) is 21.1. The molecule has 2 unspecified atom stereocenters. The van der Waals surface area contributed by atoms with E-state index in [0.717, 1.165) is 45.4 Å². The van der Waals surface area contributed by atoms with E-state index >= 15 is 0 Å². The minimum Gasteiger partial charge on any atom is -0.480 e. The molecule has 3 fully saturated rings. The standard InChI is InChI=1S/C18H25NO2.C12H16FN/c20-18(21)17(15-9-5-2-6-10-15)19-12-11-16(13-19)14-7-3-1-4-8-14;1-14-8-6-11(7-9-14)10-2-4-12(13)5-3-10/h1,3-4,7-8,15-17H,2,5-6,9-13H2,(H,20,21);2-5,11H,6-9H2,1H3. The Bertz CT molecular complexity index is 906. The van der Waals surface area contributed by atoms with Crippen LogP contribution in [0.5, 0.6) is 0 Å². The summed E-state index contributed by atoms with van der Waals surface area (Å²) in [7, 11) is 2.15. The molecule has 2 atom stereocenters. The highest BCUT2D eigenvalue weighted by atomic mass is 19.1. The van der Waals surface area contributed by atoms with E-state index in [1.807, 2.05) is 18.2 Å². The smallest absolute Gasteiger partial charge is 0.321 e. The van der Waals surface area contributed by atoms with E-state index in [-0.39, 0.29) is 11.9 Å². The van der Waals surface area contributed by atoms with Crippen LogP contribution in [0.15, 0.2) is 54.6 Å². The third kappa shape index (κ3) is 7.14. The van der Waals surface area contributed by atoms with Gasteiger partial charge in [-0.2, -0.15) is 0 Å². The number of piperidine rings is 1. The van der Waals surface area contributed by atoms with E-state index in [1.54, 1.807) is 12.1 Å². The maximum Gasteiger partial charge on any atom is 0.321 e. The highest BCUT2D eigenvalue weighted by Gasteiger charge is 2.38. The van der Waals surface area contributed by atoms with Crippen molar-refractivity contribution < 1.29 is 14.3 Å². The third-order valence-electron chi connectivity index (χ3n) is 8.29. The number of carbonyl (C=O) groups is 1. The van der Waals surface area contributed by atoms with Crippen molar-refractivity contribution in [3.05, 3.63) is 71.5 Å². The minimum atomic E-state index is -0.615. The first-order valence-corrected chi connectivity index (χ1v) is 13.5. The fourth-order valence-corrected chi connectivity index (χ4v) is 6.22. The van der Waals surface area contributed by atoms with E-state index in [9.17, 15) is 14.3 Å². The summed E-state index contributed by atoms with van der Waals surface area (Å²) in [5.74, 6) is 0.728. The molecule has 5 rings (SSSR count). The monoisotopic (exact) mass is 480 g/mol. The average Bonchev–Trinajstić information content (AvgIpc) is 3.36. The zero-order valence-corrected chi connectivity index (χ0v) is 21.1. The second-order valence-electron chi connectivity index (χ2n) is 10.7. The molecule has 1 N–H and O–H groups in total. The number of likely N-dealkylation sites (tertiary alicyclic amines) is 2. The summed E-state index contributed by atoms with van der Waals surface area (Å²) in [6.45, 7) is 4.13. The van der Waals surface area contributed by atoms with Gasteiger partial charge in [-0.25, -0.2) is 4.39 Å². The highest BCUT2D eigenvalue weighted by molar-refractivity contribution is 5.74. The van der Waals surface area contributed by atoms with Crippen molar-refractivity contribution in [3.63, 3.8) is 0 Å². The van der Waals surface area contributed by atoms with Crippen molar-refractivity contribution in [2.24, 2.45) is 5.92 Å². The summed E-state index contributed by atoms with van der Waals surface area (Å²) in [5, 5.41) is 9.70. The number of hydrogen-bond acceptors (Lipinski definition) is 3. The van der Waals surface area contributed by atoms with Gasteiger partial charge in [0.25, 0.3) is 0 Å². The second-order valence-corrected chi connectivity index (χ2v) is 10.7. The molecule has 0 spiro atoms. The number of benzene rings is 2. The summed E-state index contributed by atoms with van der Waals surface area (Å²) >= 11 is 0. The van der Waals surface area contributed by atoms with E-state index in [0.29, 0.717) is 17.8 Å². The molecule has 2 aromatic rings. The largest absolute Gasteiger partial charge is 0.480 e. The second kappa shape index (κ2) is 12.6. The van der Waals surface area contributed by atoms with Gasteiger partial charge in [0.2, 0.25) is 0 Å². The molecule has 2 saturated heterocycles. The van der Waals surface area contributed by atoms with Crippen LogP contribution < -0.4 is 0 Å². The summed E-state index contributed by atoms with van der Waals surface area (Å²) in [5.41, 5.74) is 2.65. The van der Waals surface area contributed by atoms with Crippen molar-refractivity contribution in [2.45, 2.75) is 69.2 Å². The Kier molecular flexibility index (Phi) is 9.33. The first kappa shape index (κ1) is 25.8. The van der Waals surface area contributed by atoms with Gasteiger partial charge in [0, 0.05) is 6.54 Å². The van der Waals surface area contributed by atoms with E-state index < -0.39 is 5.97 Å². The summed E-state index contributed by atoms with van der Waals surface area (Å²) in [4.78, 5) is 16.4. The predicted octanol–water partition coefficient (Wildman–Crippen LogP) is 6.14. The van der Waals surface area contributed by atoms with Gasteiger partial charge >= 0.3 is 5.97 Å². The fraction of sp³-hybridized carbons (Fsp3) is 0.567. The first-order chi connectivity index (χ1) is 17.0. The minimum absolute atomic E-state index is 0.137. The molecule has 3 aliphatic rings. The van der Waals surface area contributed by atoms with Gasteiger partial charge in [0.1, 0.15) is 11.9 Å². The Morgan fingerprint density at radius 1 is 0.829 bits per heavy atom. The molecular formula is C30H41FN2O2. The summed E-state index contributed by atoms with van der Waals surface area (Å²) < 4.78 is 12.7. The van der Waals surface area contributed by atoms with Gasteiger partial charge in [-0.1, -0.05) is 61.7 Å². The number of hydrogen-bond donors (Lipinski definition) is 1. The van der Waals surface area contributed by atoms with E-state index in [4.69, 9.17) is 0 Å². The van der Waals surface area contributed by atoms with Crippen LogP contribution in [-0.2, 0) is 4.79 Å². The molecule has 190 valence electrons. The number of carboxylic acids is 1. The number of carboxylic acid groups (broad SMARTS) is 1. The molecular weight excluding hydrogens is 439 g/mol. The highest BCUT2D eigenvalue weighted by Crippen LogP contribution is 2.34. The Balaban J connectivity index is 0.000000179. The normalized spacial score (nSPS) is 23.4. The van der Waals surface area contributed by atoms with Crippen LogP contribution in [-0.4, -0.2) is 60.1 Å². The zero-order chi connectivity index (χ0) is 24.6. The lowest BCUT2D eigenvalue weighted by Crippen LogP contribution is -2.45. The Morgan fingerprint density at radius 3 is 2.06 bits per heavy atom. The lowest BCUT2D eigenvalue weighted by atomic mass is 9.83. The quantitative estimate of drug-likeness (QED) is 0.558. The molecule has 1 saturated carbocycles. The van der Waals surface area contributed by atoms with Crippen molar-refractivity contribution in [3.8, 4) is 0 Å². The van der Waals surface area contributed by atoms with E-state index in [1.165, 1.54) is 43.2 Å². The first-order valence-electron chi connectivity index (χ1n) is 13.5. The van der Waals surface area contributed by atoms with Gasteiger partial charge in [0.15, 0.2) is 0 Å². The molecule has 35 heavy (non-hydrogen) atoms. The number of halogens is 1. The number of rotatable bonds is 5. The van der Waals surface area contributed by atoms with Crippen LogP contribution in [0, 0.1) is 11.7 Å². The molecule has 0 aromatic heterocycles. The molecule has 4 nitrogen and oxygen atoms in total. The molecule has 1 aliphatic carbocycles. The van der Waals surface area contributed by atoms with Crippen LogP contribution >= 0.6 is 0 Å². The van der Waals surface area contributed by atoms with Gasteiger partial charge < -0.3 is 10.0 Å². The molecule has 2 aromatic carbocycles. The van der Waals surface area contributed by atoms with Crippen LogP contribution in [0.4, 0.5) is 4.39 Å². The molecule has 2 heterocycles. The predicted molar refractivity (Wildman–Crippen MR) is 139 cm³/mol. The van der Waals surface area contributed by atoms with Gasteiger partial charge in [0.05, 0.1) is 0 Å². The van der Waals surface area contributed by atoms with Crippen molar-refractivity contribution in [2.75, 3.05) is 33.2 Å². The average molecular weight is 481 g/mol. The summed E-state index contributed by atoms with van der Waals surface area (Å²) in [6.07, 6.45) is 9.32. The van der Waals surface area contributed by atoms with Gasteiger partial charge in [-0.3, -0.25) is 9.69 Å². The van der Waals surface area contributed by atoms with Crippen molar-refractivity contribution in [1.82, 2.24) is 9.80 Å². The van der Waals surface area contributed by atoms with Gasteiger partial charge in [-0.05, 0) is 99.8 Å². The Morgan fingerprint density at radius 2 is 1.43 bits per heavy atom. The molecule has 5 heteroatoms. The molecule has 0 bridgehead atoms. The maximum absolute atomic E-state index is 12.7. The lowest BCUT2D eigenvalue weighted by Gasteiger charge is -2.33. The molecule has 0 amide bonds. The number of nitrogens with zero attached hydrogens (tertiary/aromatic N) is 2. The van der Waals surface area contributed by atoms with Crippen LogP contribution in [0.2, 0.25) is 0 Å². The van der Waals surface area contributed by atoms with Crippen molar-refractivity contribution >= 4 is 5.97 Å². The van der Waals surface area contributed by atoms with Gasteiger partial charge in [-0.15, -0.1) is 0 Å². The summed E-state index contributed by atoms with van der Waals surface area (Å²) in [6, 6.07) is 17.2. The maximum atomic E-state index is 12.7. The molecule has 0 radical (unpaired) electrons. The van der Waals surface area contributed by atoms with Crippen LogP contribution in [0.3, 0.4) is 0 Å². The number of aliphatic carboxylic acids is 1. The molecule has 2 aliphatic heterocycles. The fourth-order valence-electron chi connectivity index (χ4n) is 6.22. The Hall–Kier alpha value is -2.24. The topological polar surface area (TPSA) is 43.8 Å². The van der Waals surface area contributed by atoms with Crippen LogP contribution in [0.25, 0.3) is 0 Å². The van der Waals surface area contributed by atoms with Crippen molar-refractivity contribution in [1.29, 1.82) is 0 Å². The SMILES string of the molecule is CN1CCC(c2ccc(F)cc2)CC1.O=C(O)C(C1CCCCC1)N1CCC(c2ccccc2)C1. The Labute approximate surface area is 210 Å². The third-order valence-corrected chi connectivity index (χ3v) is 8.29. The van der Waals surface area contributed by atoms with Crippen LogP contribution in [0.1, 0.15) is 74.3 Å².